The molecule has 1 amide bonds. The van der Waals surface area contributed by atoms with Crippen molar-refractivity contribution in [3.05, 3.63) is 18.3 Å². The third-order valence-electron chi connectivity index (χ3n) is 5.13. The predicted octanol–water partition coefficient (Wildman–Crippen LogP) is 2.34. The number of amides is 1. The maximum absolute atomic E-state index is 11.4. The van der Waals surface area contributed by atoms with Crippen LogP contribution in [0.5, 0.6) is 11.5 Å². The molecular formula is C19H26N4O3. The maximum atomic E-state index is 11.4. The number of fused-ring (bicyclic) bond motifs is 1. The van der Waals surface area contributed by atoms with E-state index in [1.54, 1.807) is 32.2 Å². The van der Waals surface area contributed by atoms with Gasteiger partial charge >= 0.3 is 0 Å². The number of nitrogens with zero attached hydrogens (tertiary/aromatic N) is 4. The first-order valence-corrected chi connectivity index (χ1v) is 8.87. The molecule has 140 valence electrons. The highest BCUT2D eigenvalue weighted by Gasteiger charge is 2.24. The summed E-state index contributed by atoms with van der Waals surface area (Å²) < 4.78 is 10.8. The van der Waals surface area contributed by atoms with Crippen molar-refractivity contribution in [2.45, 2.75) is 19.8 Å². The number of anilines is 1. The van der Waals surface area contributed by atoms with Crippen molar-refractivity contribution in [3.63, 3.8) is 0 Å². The Morgan fingerprint density at radius 3 is 2.50 bits per heavy atom. The van der Waals surface area contributed by atoms with Gasteiger partial charge in [-0.2, -0.15) is 5.10 Å². The van der Waals surface area contributed by atoms with E-state index in [-0.39, 0.29) is 5.91 Å². The van der Waals surface area contributed by atoms with Gasteiger partial charge in [-0.05, 0) is 30.9 Å². The van der Waals surface area contributed by atoms with Crippen LogP contribution in [-0.4, -0.2) is 61.9 Å². The smallest absolute Gasteiger partial charge is 0.219 e. The molecule has 7 nitrogen and oxygen atoms in total. The van der Waals surface area contributed by atoms with Crippen molar-refractivity contribution in [2.75, 3.05) is 45.8 Å². The minimum Gasteiger partial charge on any atom is -0.493 e. The number of piperidine rings is 1. The third kappa shape index (κ3) is 3.66. The van der Waals surface area contributed by atoms with E-state index in [0.29, 0.717) is 17.4 Å². The number of benzene rings is 1. The summed E-state index contributed by atoms with van der Waals surface area (Å²) in [5, 5.41) is 10.5. The standard InChI is InChI=1S/C19H26N4O3/c1-13(24)22(2)12-14-5-7-23(8-6-14)19-16-10-18(26-4)17(25-3)9-15(16)11-20-21-19/h9-11,14H,5-8,12H2,1-4H3. The molecule has 0 spiro atoms. The molecule has 0 unspecified atom stereocenters. The van der Waals surface area contributed by atoms with Gasteiger partial charge < -0.3 is 19.3 Å². The van der Waals surface area contributed by atoms with Gasteiger partial charge in [0.2, 0.25) is 5.91 Å². The number of hydrogen-bond acceptors (Lipinski definition) is 6. The van der Waals surface area contributed by atoms with E-state index in [2.05, 4.69) is 15.1 Å². The first-order valence-electron chi connectivity index (χ1n) is 8.87. The van der Waals surface area contributed by atoms with Crippen molar-refractivity contribution in [2.24, 2.45) is 5.92 Å². The van der Waals surface area contributed by atoms with Gasteiger partial charge in [0.05, 0.1) is 20.4 Å². The molecule has 0 aliphatic carbocycles. The fourth-order valence-electron chi connectivity index (χ4n) is 3.47. The summed E-state index contributed by atoms with van der Waals surface area (Å²) in [5.74, 6) is 2.89. The van der Waals surface area contributed by atoms with E-state index in [0.717, 1.165) is 49.1 Å². The molecule has 0 atom stereocenters. The fourth-order valence-corrected chi connectivity index (χ4v) is 3.47. The van der Waals surface area contributed by atoms with E-state index in [1.165, 1.54) is 0 Å². The maximum Gasteiger partial charge on any atom is 0.219 e. The number of hydrogen-bond donors (Lipinski definition) is 0. The first kappa shape index (κ1) is 18.2. The largest absolute Gasteiger partial charge is 0.493 e. The summed E-state index contributed by atoms with van der Waals surface area (Å²) in [6.07, 6.45) is 3.81. The van der Waals surface area contributed by atoms with Crippen LogP contribution < -0.4 is 14.4 Å². The summed E-state index contributed by atoms with van der Waals surface area (Å²) in [4.78, 5) is 15.5. The van der Waals surface area contributed by atoms with Crippen molar-refractivity contribution in [1.82, 2.24) is 15.1 Å². The Labute approximate surface area is 153 Å². The molecule has 1 saturated heterocycles. The number of aromatic nitrogens is 2. The van der Waals surface area contributed by atoms with Crippen LogP contribution in [0, 0.1) is 5.92 Å². The number of rotatable bonds is 5. The summed E-state index contributed by atoms with van der Waals surface area (Å²) >= 11 is 0. The van der Waals surface area contributed by atoms with E-state index in [1.807, 2.05) is 19.2 Å². The van der Waals surface area contributed by atoms with Crippen LogP contribution in [0.1, 0.15) is 19.8 Å². The molecule has 1 aliphatic rings. The van der Waals surface area contributed by atoms with E-state index < -0.39 is 0 Å². The second-order valence-electron chi connectivity index (χ2n) is 6.79. The van der Waals surface area contributed by atoms with Gasteiger partial charge in [-0.25, -0.2) is 0 Å². The Hall–Kier alpha value is -2.57. The summed E-state index contributed by atoms with van der Waals surface area (Å²) in [7, 11) is 5.13. The lowest BCUT2D eigenvalue weighted by molar-refractivity contribution is -0.128. The van der Waals surface area contributed by atoms with Crippen LogP contribution in [0.15, 0.2) is 18.3 Å². The number of ether oxygens (including phenoxy) is 2. The topological polar surface area (TPSA) is 67.8 Å². The fraction of sp³-hybridized carbons (Fsp3) is 0.526. The quantitative estimate of drug-likeness (QED) is 0.817. The van der Waals surface area contributed by atoms with Crippen LogP contribution in [-0.2, 0) is 4.79 Å². The summed E-state index contributed by atoms with van der Waals surface area (Å²) in [6.45, 7) is 4.23. The van der Waals surface area contributed by atoms with Gasteiger partial charge in [0.15, 0.2) is 17.3 Å². The Bertz CT molecular complexity index is 788. The van der Waals surface area contributed by atoms with E-state index in [4.69, 9.17) is 9.47 Å². The highest BCUT2D eigenvalue weighted by Crippen LogP contribution is 2.36. The summed E-state index contributed by atoms with van der Waals surface area (Å²) in [5.41, 5.74) is 0. The lowest BCUT2D eigenvalue weighted by Gasteiger charge is -2.34. The lowest BCUT2D eigenvalue weighted by Crippen LogP contribution is -2.39. The molecule has 3 rings (SSSR count). The van der Waals surface area contributed by atoms with Crippen LogP contribution in [0.4, 0.5) is 5.82 Å². The van der Waals surface area contributed by atoms with Crippen molar-refractivity contribution < 1.29 is 14.3 Å². The zero-order chi connectivity index (χ0) is 18.7. The first-order chi connectivity index (χ1) is 12.5. The molecule has 0 N–H and O–H groups in total. The minimum absolute atomic E-state index is 0.119. The third-order valence-corrected chi connectivity index (χ3v) is 5.13. The lowest BCUT2D eigenvalue weighted by atomic mass is 9.96. The molecular weight excluding hydrogens is 332 g/mol. The molecule has 1 aromatic carbocycles. The molecule has 0 saturated carbocycles. The Morgan fingerprint density at radius 2 is 1.88 bits per heavy atom. The van der Waals surface area contributed by atoms with Crippen LogP contribution in [0.2, 0.25) is 0 Å². The monoisotopic (exact) mass is 358 g/mol. The molecule has 0 bridgehead atoms. The minimum atomic E-state index is 0.119. The van der Waals surface area contributed by atoms with Crippen LogP contribution in [0.25, 0.3) is 10.8 Å². The second kappa shape index (κ2) is 7.76. The molecule has 0 radical (unpaired) electrons. The molecule has 2 heterocycles. The van der Waals surface area contributed by atoms with Gasteiger partial charge in [0.1, 0.15) is 0 Å². The Balaban J connectivity index is 1.80. The SMILES string of the molecule is COc1cc2cnnc(N3CCC(CN(C)C(C)=O)CC3)c2cc1OC. The number of carbonyl (C=O) groups is 1. The molecule has 1 fully saturated rings. The zero-order valence-corrected chi connectivity index (χ0v) is 15.9. The van der Waals surface area contributed by atoms with Gasteiger partial charge in [-0.15, -0.1) is 5.10 Å². The highest BCUT2D eigenvalue weighted by molar-refractivity contribution is 5.94. The van der Waals surface area contributed by atoms with Crippen molar-refractivity contribution in [3.8, 4) is 11.5 Å². The molecule has 1 aliphatic heterocycles. The van der Waals surface area contributed by atoms with Gasteiger partial charge in [-0.3, -0.25) is 4.79 Å². The number of carbonyl (C=O) groups excluding carboxylic acids is 1. The van der Waals surface area contributed by atoms with Crippen LogP contribution in [0.3, 0.4) is 0 Å². The predicted molar refractivity (Wildman–Crippen MR) is 101 cm³/mol. The Kier molecular flexibility index (Phi) is 5.44. The molecule has 1 aromatic heterocycles. The molecule has 2 aromatic rings. The molecule has 7 heteroatoms. The van der Waals surface area contributed by atoms with Crippen LogP contribution >= 0.6 is 0 Å². The van der Waals surface area contributed by atoms with Gasteiger partial charge in [0.25, 0.3) is 0 Å². The van der Waals surface area contributed by atoms with Gasteiger partial charge in [-0.1, -0.05) is 0 Å². The second-order valence-corrected chi connectivity index (χ2v) is 6.79. The average molecular weight is 358 g/mol. The zero-order valence-electron chi connectivity index (χ0n) is 15.9. The summed E-state index contributed by atoms with van der Waals surface area (Å²) in [6, 6.07) is 3.90. The van der Waals surface area contributed by atoms with E-state index in [9.17, 15) is 4.79 Å². The molecule has 26 heavy (non-hydrogen) atoms. The highest BCUT2D eigenvalue weighted by atomic mass is 16.5. The van der Waals surface area contributed by atoms with E-state index >= 15 is 0 Å². The normalized spacial score (nSPS) is 15.2. The van der Waals surface area contributed by atoms with Crippen molar-refractivity contribution >= 4 is 22.5 Å². The van der Waals surface area contributed by atoms with Crippen molar-refractivity contribution in [1.29, 1.82) is 0 Å². The Morgan fingerprint density at radius 1 is 1.23 bits per heavy atom. The number of methoxy groups -OCH3 is 2. The van der Waals surface area contributed by atoms with Gasteiger partial charge in [0, 0.05) is 44.4 Å². The average Bonchev–Trinajstić information content (AvgIpc) is 2.66.